The molecule has 0 spiro atoms. The van der Waals surface area contributed by atoms with Crippen molar-refractivity contribution in [2.24, 2.45) is 0 Å². The summed E-state index contributed by atoms with van der Waals surface area (Å²) < 4.78 is 2.49. The van der Waals surface area contributed by atoms with E-state index in [1.165, 1.54) is 64.7 Å². The first kappa shape index (κ1) is 37.8. The van der Waals surface area contributed by atoms with Gasteiger partial charge in [0.2, 0.25) is 0 Å². The third-order valence-corrected chi connectivity index (χ3v) is 14.1. The average molecular weight is 835 g/mol. The van der Waals surface area contributed by atoms with Crippen molar-refractivity contribution in [3.05, 3.63) is 277 Å². The van der Waals surface area contributed by atoms with E-state index in [2.05, 4.69) is 265 Å². The number of rotatable bonds is 9. The van der Waals surface area contributed by atoms with Crippen LogP contribution in [-0.4, -0.2) is 0 Å². The first-order chi connectivity index (χ1) is 31.8. The molecule has 0 N–H and O–H groups in total. The van der Waals surface area contributed by atoms with Gasteiger partial charge in [0.25, 0.3) is 0 Å². The molecule has 1 aliphatic rings. The fourth-order valence-electron chi connectivity index (χ4n) is 10.2. The van der Waals surface area contributed by atoms with Gasteiger partial charge in [0.1, 0.15) is 0 Å². The Balaban J connectivity index is 1.13. The highest BCUT2D eigenvalue weighted by atomic mass is 32.1. The second-order valence-corrected chi connectivity index (χ2v) is 17.5. The number of nitrogens with zero attached hydrogens (tertiary/aromatic N) is 2. The summed E-state index contributed by atoms with van der Waals surface area (Å²) in [5.74, 6) is 0. The Bertz CT molecular complexity index is 3300. The van der Waals surface area contributed by atoms with Crippen molar-refractivity contribution in [1.82, 2.24) is 0 Å². The molecule has 0 radical (unpaired) electrons. The van der Waals surface area contributed by atoms with E-state index < -0.39 is 5.41 Å². The van der Waals surface area contributed by atoms with Crippen molar-refractivity contribution in [3.8, 4) is 22.3 Å². The van der Waals surface area contributed by atoms with Crippen LogP contribution in [0, 0.1) is 0 Å². The van der Waals surface area contributed by atoms with Crippen LogP contribution < -0.4 is 9.80 Å². The van der Waals surface area contributed by atoms with Crippen molar-refractivity contribution in [2.75, 3.05) is 9.80 Å². The first-order valence-electron chi connectivity index (χ1n) is 21.9. The maximum Gasteiger partial charge on any atom is 0.0713 e. The molecule has 0 fully saturated rings. The Morgan fingerprint density at radius 1 is 0.328 bits per heavy atom. The Morgan fingerprint density at radius 2 is 0.797 bits per heavy atom. The Kier molecular flexibility index (Phi) is 9.28. The number of fused-ring (bicyclic) bond motifs is 6. The molecule has 64 heavy (non-hydrogen) atoms. The van der Waals surface area contributed by atoms with Crippen LogP contribution in [0.15, 0.2) is 255 Å². The predicted molar refractivity (Wildman–Crippen MR) is 271 cm³/mol. The molecule has 0 saturated carbocycles. The van der Waals surface area contributed by atoms with Gasteiger partial charge in [-0.25, -0.2) is 0 Å². The van der Waals surface area contributed by atoms with E-state index in [-0.39, 0.29) is 0 Å². The number of thiophene rings is 1. The van der Waals surface area contributed by atoms with Crippen LogP contribution >= 0.6 is 11.3 Å². The van der Waals surface area contributed by atoms with E-state index in [4.69, 9.17) is 0 Å². The number of benzene rings is 10. The maximum absolute atomic E-state index is 2.45. The Hall–Kier alpha value is -7.98. The van der Waals surface area contributed by atoms with Gasteiger partial charge in [-0.15, -0.1) is 11.3 Å². The Labute approximate surface area is 378 Å². The van der Waals surface area contributed by atoms with Crippen LogP contribution in [0.25, 0.3) is 42.4 Å². The molecular weight excluding hydrogens is 793 g/mol. The molecule has 0 amide bonds. The summed E-state index contributed by atoms with van der Waals surface area (Å²) >= 11 is 1.87. The molecule has 0 aliphatic heterocycles. The minimum atomic E-state index is -0.468. The molecular formula is C61H42N2S. The lowest BCUT2D eigenvalue weighted by molar-refractivity contribution is 0.768. The van der Waals surface area contributed by atoms with Crippen molar-refractivity contribution >= 4 is 65.6 Å². The lowest BCUT2D eigenvalue weighted by atomic mass is 9.67. The van der Waals surface area contributed by atoms with Gasteiger partial charge in [-0.2, -0.15) is 0 Å². The summed E-state index contributed by atoms with van der Waals surface area (Å²) in [4.78, 5) is 4.81. The number of para-hydroxylation sites is 4. The quantitative estimate of drug-likeness (QED) is 0.143. The van der Waals surface area contributed by atoms with E-state index in [9.17, 15) is 0 Å². The predicted octanol–water partition coefficient (Wildman–Crippen LogP) is 17.0. The molecule has 2 nitrogen and oxygen atoms in total. The van der Waals surface area contributed by atoms with Gasteiger partial charge >= 0.3 is 0 Å². The fraction of sp³-hybridized carbons (Fsp3) is 0.0164. The zero-order valence-corrected chi connectivity index (χ0v) is 35.9. The van der Waals surface area contributed by atoms with Crippen LogP contribution in [0.3, 0.4) is 0 Å². The topological polar surface area (TPSA) is 6.48 Å². The van der Waals surface area contributed by atoms with Crippen LogP contribution in [0.4, 0.5) is 34.1 Å². The monoisotopic (exact) mass is 834 g/mol. The average Bonchev–Trinajstić information content (AvgIpc) is 3.90. The van der Waals surface area contributed by atoms with Crippen LogP contribution in [0.1, 0.15) is 22.3 Å². The minimum Gasteiger partial charge on any atom is -0.310 e. The summed E-state index contributed by atoms with van der Waals surface area (Å²) in [6.45, 7) is 0. The van der Waals surface area contributed by atoms with E-state index in [0.29, 0.717) is 0 Å². The van der Waals surface area contributed by atoms with Crippen molar-refractivity contribution in [1.29, 1.82) is 0 Å². The summed E-state index contributed by atoms with van der Waals surface area (Å²) in [6.07, 6.45) is 0. The second-order valence-electron chi connectivity index (χ2n) is 16.4. The largest absolute Gasteiger partial charge is 0.310 e. The molecule has 1 aromatic heterocycles. The number of hydrogen-bond acceptors (Lipinski definition) is 3. The summed E-state index contributed by atoms with van der Waals surface area (Å²) in [5.41, 5.74) is 16.4. The molecule has 1 aliphatic carbocycles. The third kappa shape index (κ3) is 6.08. The van der Waals surface area contributed by atoms with Gasteiger partial charge in [-0.05, 0) is 117 Å². The smallest absolute Gasteiger partial charge is 0.0713 e. The fourth-order valence-corrected chi connectivity index (χ4v) is 11.4. The first-order valence-corrected chi connectivity index (χ1v) is 22.7. The SMILES string of the molecule is c1ccc(N(c2ccccc2)c2cc(N(c3ccccc3)c3ccccc3)c3sc4ccc(-c5cccc6c5-c5ccccc5C6(c5ccccc5)c5ccccc5)cc4c3c2)cc1. The van der Waals surface area contributed by atoms with E-state index in [1.807, 2.05) is 11.3 Å². The van der Waals surface area contributed by atoms with Crippen molar-refractivity contribution in [3.63, 3.8) is 0 Å². The van der Waals surface area contributed by atoms with Gasteiger partial charge in [0.15, 0.2) is 0 Å². The van der Waals surface area contributed by atoms with Crippen molar-refractivity contribution < 1.29 is 0 Å². The summed E-state index contributed by atoms with van der Waals surface area (Å²) in [6, 6.07) is 93.1. The van der Waals surface area contributed by atoms with Crippen molar-refractivity contribution in [2.45, 2.75) is 5.41 Å². The lowest BCUT2D eigenvalue weighted by Gasteiger charge is -2.34. The third-order valence-electron chi connectivity index (χ3n) is 12.9. The molecule has 302 valence electrons. The molecule has 10 aromatic carbocycles. The molecule has 12 rings (SSSR count). The van der Waals surface area contributed by atoms with Crippen LogP contribution in [-0.2, 0) is 5.41 Å². The standard InChI is InChI=1S/C61H42N2S/c1-7-22-44(23-8-1)61(45-24-9-2-10-25-45)55-36-20-19-34-52(55)59-51(35-21-37-56(59)61)43-38-39-58-53(40-43)54-41-50(62(46-26-11-3-12-27-46)47-28-13-4-14-29-47)42-57(60(54)64-58)63(48-30-15-5-16-31-48)49-32-17-6-18-33-49/h1-42H. The molecule has 3 heteroatoms. The van der Waals surface area contributed by atoms with Gasteiger partial charge < -0.3 is 9.80 Å². The molecule has 1 heterocycles. The molecule has 11 aromatic rings. The van der Waals surface area contributed by atoms with Crippen LogP contribution in [0.2, 0.25) is 0 Å². The van der Waals surface area contributed by atoms with Gasteiger partial charge in [0.05, 0.1) is 15.8 Å². The molecule has 0 unspecified atom stereocenters. The summed E-state index contributed by atoms with van der Waals surface area (Å²) in [7, 11) is 0. The van der Waals surface area contributed by atoms with E-state index in [1.54, 1.807) is 0 Å². The maximum atomic E-state index is 2.45. The van der Waals surface area contributed by atoms with E-state index >= 15 is 0 Å². The van der Waals surface area contributed by atoms with Gasteiger partial charge in [-0.1, -0.05) is 182 Å². The Morgan fingerprint density at radius 3 is 1.36 bits per heavy atom. The minimum absolute atomic E-state index is 0.468. The highest BCUT2D eigenvalue weighted by Crippen LogP contribution is 2.58. The van der Waals surface area contributed by atoms with Crippen LogP contribution in [0.5, 0.6) is 0 Å². The summed E-state index contributed by atoms with van der Waals surface area (Å²) in [5, 5.41) is 2.46. The molecule has 0 saturated heterocycles. The van der Waals surface area contributed by atoms with Gasteiger partial charge in [0, 0.05) is 43.9 Å². The lowest BCUT2D eigenvalue weighted by Crippen LogP contribution is -2.28. The molecule has 0 bridgehead atoms. The van der Waals surface area contributed by atoms with Gasteiger partial charge in [-0.3, -0.25) is 0 Å². The number of anilines is 6. The van der Waals surface area contributed by atoms with E-state index in [0.717, 1.165) is 34.1 Å². The second kappa shape index (κ2) is 15.7. The normalized spacial score (nSPS) is 12.5. The zero-order valence-electron chi connectivity index (χ0n) is 35.1. The zero-order chi connectivity index (χ0) is 42.5. The highest BCUT2D eigenvalue weighted by molar-refractivity contribution is 7.26. The molecule has 0 atom stereocenters. The number of hydrogen-bond donors (Lipinski definition) is 0. The highest BCUT2D eigenvalue weighted by Gasteiger charge is 2.46.